The van der Waals surface area contributed by atoms with Crippen LogP contribution < -0.4 is 14.8 Å². The third kappa shape index (κ3) is 2.87. The van der Waals surface area contributed by atoms with E-state index in [-0.39, 0.29) is 0 Å². The number of rotatable bonds is 6. The summed E-state index contributed by atoms with van der Waals surface area (Å²) in [7, 11) is 1.92. The molecular weight excluding hydrogens is 206 g/mol. The molecule has 1 aromatic rings. The lowest BCUT2D eigenvalue weighted by atomic mass is 10.1. The van der Waals surface area contributed by atoms with Gasteiger partial charge >= 0.3 is 0 Å². The van der Waals surface area contributed by atoms with Gasteiger partial charge in [0, 0.05) is 6.54 Å². The molecule has 0 aromatic heterocycles. The molecule has 0 aliphatic carbocycles. The fraction of sp³-hybridized carbons (Fsp3) is 0.500. The average molecular weight is 223 g/mol. The molecule has 1 heterocycles. The van der Waals surface area contributed by atoms with Gasteiger partial charge in [-0.1, -0.05) is 6.07 Å². The van der Waals surface area contributed by atoms with E-state index in [4.69, 9.17) is 14.2 Å². The minimum atomic E-state index is 0.331. The molecule has 0 bridgehead atoms. The van der Waals surface area contributed by atoms with Gasteiger partial charge in [0.05, 0.1) is 13.2 Å². The molecular formula is C12H17NO3. The van der Waals surface area contributed by atoms with Crippen LogP contribution in [0.5, 0.6) is 11.5 Å². The van der Waals surface area contributed by atoms with Crippen molar-refractivity contribution in [2.75, 3.05) is 33.6 Å². The first-order valence-electron chi connectivity index (χ1n) is 5.51. The van der Waals surface area contributed by atoms with Crippen LogP contribution in [0.25, 0.3) is 0 Å². The summed E-state index contributed by atoms with van der Waals surface area (Å²) in [5.74, 6) is 1.67. The largest absolute Gasteiger partial charge is 0.454 e. The summed E-state index contributed by atoms with van der Waals surface area (Å²) in [4.78, 5) is 0. The number of ether oxygens (including phenoxy) is 3. The highest BCUT2D eigenvalue weighted by Crippen LogP contribution is 2.32. The monoisotopic (exact) mass is 223 g/mol. The second kappa shape index (κ2) is 5.72. The van der Waals surface area contributed by atoms with Crippen molar-refractivity contribution in [3.8, 4) is 11.5 Å². The zero-order valence-electron chi connectivity index (χ0n) is 9.49. The van der Waals surface area contributed by atoms with Gasteiger partial charge in [-0.25, -0.2) is 0 Å². The summed E-state index contributed by atoms with van der Waals surface area (Å²) in [6.45, 7) is 2.71. The number of likely N-dealkylation sites (N-methyl/N-ethyl adjacent to an activating group) is 1. The first-order chi connectivity index (χ1) is 7.90. The number of hydrogen-bond donors (Lipinski definition) is 1. The summed E-state index contributed by atoms with van der Waals surface area (Å²) < 4.78 is 16.0. The Morgan fingerprint density at radius 3 is 3.00 bits per heavy atom. The molecule has 0 spiro atoms. The predicted molar refractivity (Wildman–Crippen MR) is 61.0 cm³/mol. The molecule has 1 aromatic carbocycles. The molecule has 4 nitrogen and oxygen atoms in total. The van der Waals surface area contributed by atoms with Crippen LogP contribution in [-0.4, -0.2) is 33.6 Å². The number of fused-ring (bicyclic) bond motifs is 1. The maximum atomic E-state index is 5.46. The van der Waals surface area contributed by atoms with E-state index in [1.54, 1.807) is 0 Å². The highest BCUT2D eigenvalue weighted by atomic mass is 16.7. The van der Waals surface area contributed by atoms with Gasteiger partial charge in [0.2, 0.25) is 6.79 Å². The molecule has 0 radical (unpaired) electrons. The van der Waals surface area contributed by atoms with Crippen LogP contribution in [0.1, 0.15) is 5.56 Å². The van der Waals surface area contributed by atoms with E-state index in [2.05, 4.69) is 11.4 Å². The Morgan fingerprint density at radius 2 is 2.12 bits per heavy atom. The lowest BCUT2D eigenvalue weighted by Gasteiger charge is -2.04. The van der Waals surface area contributed by atoms with E-state index in [1.165, 1.54) is 5.56 Å². The minimum absolute atomic E-state index is 0.331. The molecule has 4 heteroatoms. The molecule has 1 N–H and O–H groups in total. The molecule has 16 heavy (non-hydrogen) atoms. The summed E-state index contributed by atoms with van der Waals surface area (Å²) in [5.41, 5.74) is 1.22. The average Bonchev–Trinajstić information content (AvgIpc) is 2.76. The van der Waals surface area contributed by atoms with Gasteiger partial charge < -0.3 is 19.5 Å². The lowest BCUT2D eigenvalue weighted by molar-refractivity contribution is 0.140. The predicted octanol–water partition coefficient (Wildman–Crippen LogP) is 1.19. The Bertz CT molecular complexity index is 341. The van der Waals surface area contributed by atoms with Crippen molar-refractivity contribution >= 4 is 0 Å². The minimum Gasteiger partial charge on any atom is -0.454 e. The summed E-state index contributed by atoms with van der Waals surface area (Å²) in [6, 6.07) is 6.02. The fourth-order valence-electron chi connectivity index (χ4n) is 1.56. The number of hydrogen-bond acceptors (Lipinski definition) is 4. The van der Waals surface area contributed by atoms with Gasteiger partial charge in [-0.05, 0) is 31.2 Å². The maximum Gasteiger partial charge on any atom is 0.231 e. The van der Waals surface area contributed by atoms with Gasteiger partial charge in [-0.2, -0.15) is 0 Å². The van der Waals surface area contributed by atoms with Crippen LogP contribution in [0.15, 0.2) is 18.2 Å². The van der Waals surface area contributed by atoms with Gasteiger partial charge in [0.15, 0.2) is 11.5 Å². The van der Waals surface area contributed by atoms with E-state index < -0.39 is 0 Å². The molecule has 2 rings (SSSR count). The van der Waals surface area contributed by atoms with E-state index >= 15 is 0 Å². The zero-order chi connectivity index (χ0) is 11.2. The molecule has 0 unspecified atom stereocenters. The molecule has 0 amide bonds. The van der Waals surface area contributed by atoms with Crippen molar-refractivity contribution in [2.24, 2.45) is 0 Å². The third-order valence-electron chi connectivity index (χ3n) is 2.47. The second-order valence-corrected chi connectivity index (χ2v) is 3.65. The van der Waals surface area contributed by atoms with Crippen LogP contribution in [-0.2, 0) is 11.2 Å². The SMILES string of the molecule is CNCCOCCc1ccc2c(c1)OCO2. The standard InChI is InChI=1S/C12H17NO3/c1-13-5-7-14-6-4-10-2-3-11-12(8-10)16-9-15-11/h2-3,8,13H,4-7,9H2,1H3. The quantitative estimate of drug-likeness (QED) is 0.735. The Hall–Kier alpha value is -1.26. The Balaban J connectivity index is 1.77. The Kier molecular flexibility index (Phi) is 4.02. The van der Waals surface area contributed by atoms with Crippen molar-refractivity contribution in [3.05, 3.63) is 23.8 Å². The van der Waals surface area contributed by atoms with Crippen molar-refractivity contribution in [1.29, 1.82) is 0 Å². The summed E-state index contributed by atoms with van der Waals surface area (Å²) in [5, 5.41) is 3.04. The van der Waals surface area contributed by atoms with Crippen LogP contribution in [0.4, 0.5) is 0 Å². The summed E-state index contributed by atoms with van der Waals surface area (Å²) in [6.07, 6.45) is 0.903. The van der Waals surface area contributed by atoms with Gasteiger partial charge in [0.1, 0.15) is 0 Å². The van der Waals surface area contributed by atoms with Crippen LogP contribution in [0.3, 0.4) is 0 Å². The Labute approximate surface area is 95.5 Å². The molecule has 0 saturated heterocycles. The van der Waals surface area contributed by atoms with Crippen molar-refractivity contribution in [3.63, 3.8) is 0 Å². The topological polar surface area (TPSA) is 39.7 Å². The third-order valence-corrected chi connectivity index (χ3v) is 2.47. The van der Waals surface area contributed by atoms with E-state index in [9.17, 15) is 0 Å². The van der Waals surface area contributed by atoms with Gasteiger partial charge in [-0.3, -0.25) is 0 Å². The first kappa shape index (κ1) is 11.2. The van der Waals surface area contributed by atoms with Gasteiger partial charge in [-0.15, -0.1) is 0 Å². The zero-order valence-corrected chi connectivity index (χ0v) is 9.49. The second-order valence-electron chi connectivity index (χ2n) is 3.65. The van der Waals surface area contributed by atoms with Crippen LogP contribution in [0, 0.1) is 0 Å². The van der Waals surface area contributed by atoms with E-state index in [0.717, 1.165) is 37.7 Å². The number of nitrogens with one attached hydrogen (secondary N) is 1. The van der Waals surface area contributed by atoms with Crippen molar-refractivity contribution in [2.45, 2.75) is 6.42 Å². The van der Waals surface area contributed by atoms with Crippen LogP contribution in [0.2, 0.25) is 0 Å². The van der Waals surface area contributed by atoms with Crippen molar-refractivity contribution in [1.82, 2.24) is 5.32 Å². The normalized spacial score (nSPS) is 13.1. The van der Waals surface area contributed by atoms with E-state index in [1.807, 2.05) is 19.2 Å². The Morgan fingerprint density at radius 1 is 1.25 bits per heavy atom. The number of benzene rings is 1. The molecule has 0 saturated carbocycles. The molecule has 1 aliphatic heterocycles. The molecule has 0 fully saturated rings. The molecule has 1 aliphatic rings. The highest BCUT2D eigenvalue weighted by molar-refractivity contribution is 5.44. The summed E-state index contributed by atoms with van der Waals surface area (Å²) >= 11 is 0. The molecule has 0 atom stereocenters. The van der Waals surface area contributed by atoms with Crippen molar-refractivity contribution < 1.29 is 14.2 Å². The highest BCUT2D eigenvalue weighted by Gasteiger charge is 2.12. The maximum absolute atomic E-state index is 5.46. The fourth-order valence-corrected chi connectivity index (χ4v) is 1.56. The smallest absolute Gasteiger partial charge is 0.231 e. The molecule has 88 valence electrons. The lowest BCUT2D eigenvalue weighted by Crippen LogP contribution is -2.15. The van der Waals surface area contributed by atoms with E-state index in [0.29, 0.717) is 6.79 Å². The first-order valence-corrected chi connectivity index (χ1v) is 5.51. The van der Waals surface area contributed by atoms with Gasteiger partial charge in [0.25, 0.3) is 0 Å². The van der Waals surface area contributed by atoms with Crippen LogP contribution >= 0.6 is 0 Å².